The van der Waals surface area contributed by atoms with Gasteiger partial charge in [0, 0.05) is 23.3 Å². The molecule has 17 heavy (non-hydrogen) atoms. The predicted molar refractivity (Wildman–Crippen MR) is 56.1 cm³/mol. The first kappa shape index (κ1) is 11.9. The van der Waals surface area contributed by atoms with Gasteiger partial charge in [-0.3, -0.25) is 4.79 Å². The number of carbonyl (C=O) groups is 1. The number of alkyl halides is 3. The summed E-state index contributed by atoms with van der Waals surface area (Å²) in [6.07, 6.45) is -3.45. The summed E-state index contributed by atoms with van der Waals surface area (Å²) >= 11 is 5.83. The van der Waals surface area contributed by atoms with Crippen LogP contribution in [0.5, 0.6) is 0 Å². The van der Waals surface area contributed by atoms with Crippen LogP contribution >= 0.6 is 11.6 Å². The molecule has 0 radical (unpaired) electrons. The van der Waals surface area contributed by atoms with E-state index in [1.54, 1.807) is 0 Å². The maximum Gasteiger partial charge on any atom is 0.396 e. The Morgan fingerprint density at radius 1 is 1.47 bits per heavy atom. The molecule has 2 aromatic rings. The maximum absolute atomic E-state index is 12.1. The number of ketones is 1. The van der Waals surface area contributed by atoms with Crippen LogP contribution in [0.15, 0.2) is 18.5 Å². The van der Waals surface area contributed by atoms with Gasteiger partial charge in [-0.25, -0.2) is 4.98 Å². The first-order valence-corrected chi connectivity index (χ1v) is 4.98. The lowest BCUT2D eigenvalue weighted by Crippen LogP contribution is -2.14. The standard InChI is InChI=1S/C10H6ClF3N2O/c11-6-1-2-15-9-8(6)5(4-16-9)7(17)3-10(12,13)14/h1-2,4H,3H2,(H,15,16). The van der Waals surface area contributed by atoms with E-state index in [9.17, 15) is 18.0 Å². The number of hydrogen-bond donors (Lipinski definition) is 1. The summed E-state index contributed by atoms with van der Waals surface area (Å²) in [7, 11) is 0. The number of carbonyl (C=O) groups excluding carboxylic acids is 1. The van der Waals surface area contributed by atoms with Gasteiger partial charge in [-0.15, -0.1) is 0 Å². The van der Waals surface area contributed by atoms with E-state index in [0.29, 0.717) is 5.65 Å². The maximum atomic E-state index is 12.1. The summed E-state index contributed by atoms with van der Waals surface area (Å²) in [6, 6.07) is 1.42. The molecule has 0 saturated carbocycles. The molecule has 0 amide bonds. The lowest BCUT2D eigenvalue weighted by molar-refractivity contribution is -0.125. The van der Waals surface area contributed by atoms with Crippen molar-refractivity contribution in [2.45, 2.75) is 12.6 Å². The van der Waals surface area contributed by atoms with Crippen LogP contribution in [-0.4, -0.2) is 21.9 Å². The first-order valence-electron chi connectivity index (χ1n) is 4.60. The Morgan fingerprint density at radius 3 is 2.82 bits per heavy atom. The van der Waals surface area contributed by atoms with Gasteiger partial charge in [0.15, 0.2) is 5.78 Å². The lowest BCUT2D eigenvalue weighted by atomic mass is 10.1. The Hall–Kier alpha value is -1.56. The number of nitrogens with zero attached hydrogens (tertiary/aromatic N) is 1. The van der Waals surface area contributed by atoms with Crippen LogP contribution in [0, 0.1) is 0 Å². The molecule has 2 aromatic heterocycles. The highest BCUT2D eigenvalue weighted by Crippen LogP contribution is 2.29. The largest absolute Gasteiger partial charge is 0.396 e. The molecule has 0 aliphatic carbocycles. The molecule has 0 aliphatic heterocycles. The molecule has 0 unspecified atom stereocenters. The quantitative estimate of drug-likeness (QED) is 0.844. The van der Waals surface area contributed by atoms with E-state index < -0.39 is 18.4 Å². The second kappa shape index (κ2) is 4.03. The van der Waals surface area contributed by atoms with E-state index in [-0.39, 0.29) is 16.0 Å². The van der Waals surface area contributed by atoms with Crippen molar-refractivity contribution in [3.05, 3.63) is 29.0 Å². The van der Waals surface area contributed by atoms with Crippen LogP contribution in [0.3, 0.4) is 0 Å². The molecule has 7 heteroatoms. The third-order valence-electron chi connectivity index (χ3n) is 2.18. The molecule has 3 nitrogen and oxygen atoms in total. The van der Waals surface area contributed by atoms with Crippen LogP contribution in [0.2, 0.25) is 5.02 Å². The fourth-order valence-electron chi connectivity index (χ4n) is 1.51. The number of Topliss-reactive ketones (excluding diaryl/α,β-unsaturated/α-hetero) is 1. The molecule has 1 N–H and O–H groups in total. The van der Waals surface area contributed by atoms with Crippen molar-refractivity contribution in [2.24, 2.45) is 0 Å². The number of hydrogen-bond acceptors (Lipinski definition) is 2. The highest BCUT2D eigenvalue weighted by molar-refractivity contribution is 6.36. The lowest BCUT2D eigenvalue weighted by Gasteiger charge is -2.04. The fourth-order valence-corrected chi connectivity index (χ4v) is 1.76. The van der Waals surface area contributed by atoms with E-state index in [1.165, 1.54) is 18.5 Å². The van der Waals surface area contributed by atoms with Gasteiger partial charge in [-0.2, -0.15) is 13.2 Å². The molecule has 0 aliphatic rings. The highest BCUT2D eigenvalue weighted by Gasteiger charge is 2.32. The number of fused-ring (bicyclic) bond motifs is 1. The normalized spacial score (nSPS) is 12.0. The van der Waals surface area contributed by atoms with Gasteiger partial charge in [0.05, 0.1) is 5.02 Å². The van der Waals surface area contributed by atoms with Crippen LogP contribution in [0.1, 0.15) is 16.8 Å². The second-order valence-electron chi connectivity index (χ2n) is 3.43. The van der Waals surface area contributed by atoms with Crippen LogP contribution in [0.25, 0.3) is 11.0 Å². The van der Waals surface area contributed by atoms with Crippen molar-refractivity contribution in [2.75, 3.05) is 0 Å². The zero-order chi connectivity index (χ0) is 12.6. The van der Waals surface area contributed by atoms with E-state index in [2.05, 4.69) is 9.97 Å². The molecule has 0 aromatic carbocycles. The molecule has 90 valence electrons. The number of nitrogens with one attached hydrogen (secondary N) is 1. The monoisotopic (exact) mass is 262 g/mol. The van der Waals surface area contributed by atoms with Crippen LogP contribution in [-0.2, 0) is 0 Å². The Labute approximate surface area is 98.6 Å². The molecule has 2 heterocycles. The Balaban J connectivity index is 2.46. The van der Waals surface area contributed by atoms with Crippen molar-refractivity contribution in [3.63, 3.8) is 0 Å². The third-order valence-corrected chi connectivity index (χ3v) is 2.50. The van der Waals surface area contributed by atoms with E-state index in [1.807, 2.05) is 0 Å². The molecule has 2 rings (SSSR count). The molecule has 0 spiro atoms. The zero-order valence-electron chi connectivity index (χ0n) is 8.31. The summed E-state index contributed by atoms with van der Waals surface area (Å²) in [4.78, 5) is 17.9. The van der Waals surface area contributed by atoms with Crippen molar-refractivity contribution >= 4 is 28.4 Å². The molecule has 0 atom stereocenters. The summed E-state index contributed by atoms with van der Waals surface area (Å²) in [5.41, 5.74) is 0.207. The number of aromatic nitrogens is 2. The molecule has 0 fully saturated rings. The number of H-pyrrole nitrogens is 1. The van der Waals surface area contributed by atoms with Gasteiger partial charge in [-0.1, -0.05) is 11.6 Å². The molecule has 0 bridgehead atoms. The Bertz CT molecular complexity index is 576. The SMILES string of the molecule is O=C(CC(F)(F)F)c1c[nH]c2nccc(Cl)c12. The van der Waals surface area contributed by atoms with Gasteiger partial charge in [-0.05, 0) is 6.07 Å². The van der Waals surface area contributed by atoms with Crippen LogP contribution in [0.4, 0.5) is 13.2 Å². The first-order chi connectivity index (χ1) is 7.88. The minimum atomic E-state index is -4.53. The van der Waals surface area contributed by atoms with Crippen molar-refractivity contribution < 1.29 is 18.0 Å². The number of aromatic amines is 1. The minimum Gasteiger partial charge on any atom is -0.345 e. The van der Waals surface area contributed by atoms with Gasteiger partial charge >= 0.3 is 6.18 Å². The number of rotatable bonds is 2. The van der Waals surface area contributed by atoms with Gasteiger partial charge in [0.25, 0.3) is 0 Å². The summed E-state index contributed by atoms with van der Waals surface area (Å²) in [5.74, 6) is -1.03. The van der Waals surface area contributed by atoms with Gasteiger partial charge < -0.3 is 4.98 Å². The third kappa shape index (κ3) is 2.41. The average molecular weight is 263 g/mol. The van der Waals surface area contributed by atoms with E-state index in [0.717, 1.165) is 0 Å². The minimum absolute atomic E-state index is 0.0876. The van der Waals surface area contributed by atoms with Crippen molar-refractivity contribution in [3.8, 4) is 0 Å². The highest BCUT2D eigenvalue weighted by atomic mass is 35.5. The second-order valence-corrected chi connectivity index (χ2v) is 3.84. The Kier molecular flexibility index (Phi) is 2.82. The average Bonchev–Trinajstić information content (AvgIpc) is 2.60. The summed E-state index contributed by atoms with van der Waals surface area (Å²) in [5, 5.41) is 0.421. The van der Waals surface area contributed by atoms with Crippen LogP contribution < -0.4 is 0 Å². The molecular formula is C10H6ClF3N2O. The van der Waals surface area contributed by atoms with Crippen molar-refractivity contribution in [1.82, 2.24) is 9.97 Å². The molecule has 0 saturated heterocycles. The summed E-state index contributed by atoms with van der Waals surface area (Å²) < 4.78 is 36.4. The predicted octanol–water partition coefficient (Wildman–Crippen LogP) is 3.35. The van der Waals surface area contributed by atoms with Crippen molar-refractivity contribution in [1.29, 1.82) is 0 Å². The van der Waals surface area contributed by atoms with Gasteiger partial charge in [0.1, 0.15) is 12.1 Å². The van der Waals surface area contributed by atoms with Gasteiger partial charge in [0.2, 0.25) is 0 Å². The topological polar surface area (TPSA) is 45.8 Å². The van der Waals surface area contributed by atoms with E-state index >= 15 is 0 Å². The number of halogens is 4. The summed E-state index contributed by atoms with van der Waals surface area (Å²) in [6.45, 7) is 0. The molecular weight excluding hydrogens is 257 g/mol. The van der Waals surface area contributed by atoms with E-state index in [4.69, 9.17) is 11.6 Å². The Morgan fingerprint density at radius 2 is 2.18 bits per heavy atom. The fraction of sp³-hybridized carbons (Fsp3) is 0.200. The zero-order valence-corrected chi connectivity index (χ0v) is 9.06. The smallest absolute Gasteiger partial charge is 0.345 e. The number of pyridine rings is 1.